The average Bonchev–Trinajstić information content (AvgIpc) is 2.78. The van der Waals surface area contributed by atoms with E-state index in [0.29, 0.717) is 23.8 Å². The topological polar surface area (TPSA) is 54.0 Å². The molecule has 164 valence electrons. The van der Waals surface area contributed by atoms with E-state index >= 15 is 0 Å². The largest absolute Gasteiger partial charge is 0.493 e. The monoisotopic (exact) mass is 428 g/mol. The highest BCUT2D eigenvalue weighted by molar-refractivity contribution is 5.75. The predicted molar refractivity (Wildman–Crippen MR) is 113 cm³/mol. The maximum Gasteiger partial charge on any atom is 0.360 e. The number of halogens is 2. The van der Waals surface area contributed by atoms with Crippen molar-refractivity contribution in [2.24, 2.45) is 18.9 Å². The molecular formula is C23H26F2N4O2. The van der Waals surface area contributed by atoms with E-state index in [0.717, 1.165) is 25.0 Å². The number of pyridine rings is 1. The van der Waals surface area contributed by atoms with Gasteiger partial charge in [-0.05, 0) is 43.5 Å². The van der Waals surface area contributed by atoms with Gasteiger partial charge in [0.15, 0.2) is 0 Å². The number of fused-ring (bicyclic) bond motifs is 6. The van der Waals surface area contributed by atoms with E-state index in [-0.39, 0.29) is 34.6 Å². The Hall–Kier alpha value is -2.90. The lowest BCUT2D eigenvalue weighted by Gasteiger charge is -2.40. The third kappa shape index (κ3) is 3.03. The summed E-state index contributed by atoms with van der Waals surface area (Å²) in [7, 11) is 1.62. The van der Waals surface area contributed by atoms with Crippen molar-refractivity contribution in [3.05, 3.63) is 52.1 Å². The number of rotatable bonds is 2. The van der Waals surface area contributed by atoms with Crippen molar-refractivity contribution < 1.29 is 13.5 Å². The molecule has 0 saturated heterocycles. The molecule has 0 radical (unpaired) electrons. The van der Waals surface area contributed by atoms with Crippen LogP contribution in [0.3, 0.4) is 0 Å². The van der Waals surface area contributed by atoms with Crippen LogP contribution in [0.1, 0.15) is 49.9 Å². The van der Waals surface area contributed by atoms with Gasteiger partial charge in [-0.1, -0.05) is 25.8 Å². The summed E-state index contributed by atoms with van der Waals surface area (Å²) in [5.74, 6) is 0.588. The van der Waals surface area contributed by atoms with Gasteiger partial charge in [0.2, 0.25) is 0 Å². The van der Waals surface area contributed by atoms with E-state index in [2.05, 4.69) is 11.9 Å². The fourth-order valence-electron chi connectivity index (χ4n) is 5.22. The van der Waals surface area contributed by atoms with Crippen LogP contribution < -0.4 is 10.4 Å². The summed E-state index contributed by atoms with van der Waals surface area (Å²) in [6.45, 7) is 4.33. The molecule has 1 saturated carbocycles. The van der Waals surface area contributed by atoms with Crippen LogP contribution >= 0.6 is 0 Å². The maximum absolute atomic E-state index is 14.5. The van der Waals surface area contributed by atoms with Crippen LogP contribution in [0.15, 0.2) is 35.1 Å². The molecule has 0 N–H and O–H groups in total. The van der Waals surface area contributed by atoms with Crippen molar-refractivity contribution in [2.75, 3.05) is 6.61 Å². The Bertz CT molecular complexity index is 1190. The zero-order valence-electron chi connectivity index (χ0n) is 17.9. The SMILES string of the molecule is Cc1cccc(-c2ccc3c(C(F)F)c2-n2n(C)c(=O)n2C2CCCC(C)C2CO3)n1. The van der Waals surface area contributed by atoms with Crippen LogP contribution in [0.5, 0.6) is 5.75 Å². The van der Waals surface area contributed by atoms with Crippen molar-refractivity contribution in [3.63, 3.8) is 0 Å². The Balaban J connectivity index is 1.83. The number of nitrogens with zero attached hydrogens (tertiary/aromatic N) is 4. The molecule has 31 heavy (non-hydrogen) atoms. The standard InChI is InChI=1S/C23H26F2N4O2/c1-13-6-4-9-18-16(13)12-31-19-11-10-15(17-8-5-7-14(2)26-17)21(20(19)22(24)25)29-27(3)23(30)28(18)29/h5,7-8,10-11,13,16,18,22H,4,6,9,12H2,1-3H3. The van der Waals surface area contributed by atoms with Crippen molar-refractivity contribution in [1.82, 2.24) is 19.1 Å². The van der Waals surface area contributed by atoms with Gasteiger partial charge in [0, 0.05) is 24.2 Å². The van der Waals surface area contributed by atoms with Gasteiger partial charge in [-0.15, -0.1) is 0 Å². The van der Waals surface area contributed by atoms with Crippen LogP contribution in [0.2, 0.25) is 0 Å². The number of alkyl halides is 2. The Morgan fingerprint density at radius 1 is 1.19 bits per heavy atom. The average molecular weight is 428 g/mol. The second-order valence-corrected chi connectivity index (χ2v) is 8.73. The Morgan fingerprint density at radius 3 is 2.74 bits per heavy atom. The number of hydrogen-bond donors (Lipinski definition) is 0. The highest BCUT2D eigenvalue weighted by Crippen LogP contribution is 2.45. The zero-order valence-corrected chi connectivity index (χ0v) is 17.9. The van der Waals surface area contributed by atoms with Crippen molar-refractivity contribution >= 4 is 0 Å². The highest BCUT2D eigenvalue weighted by Gasteiger charge is 2.40. The van der Waals surface area contributed by atoms with Gasteiger partial charge < -0.3 is 4.74 Å². The molecule has 1 fully saturated rings. The van der Waals surface area contributed by atoms with Gasteiger partial charge >= 0.3 is 5.69 Å². The van der Waals surface area contributed by atoms with Crippen molar-refractivity contribution in [2.45, 2.75) is 45.6 Å². The summed E-state index contributed by atoms with van der Waals surface area (Å²) in [6.07, 6.45) is 0.0975. The quantitative estimate of drug-likeness (QED) is 0.597. The molecule has 3 heterocycles. The summed E-state index contributed by atoms with van der Waals surface area (Å²) in [5, 5.41) is 0. The maximum atomic E-state index is 14.5. The number of ether oxygens (including phenoxy) is 1. The molecule has 1 aromatic carbocycles. The van der Waals surface area contributed by atoms with Gasteiger partial charge in [0.1, 0.15) is 11.4 Å². The molecule has 1 aliphatic carbocycles. The molecule has 2 aliphatic rings. The van der Waals surface area contributed by atoms with Crippen molar-refractivity contribution in [1.29, 1.82) is 0 Å². The summed E-state index contributed by atoms with van der Waals surface area (Å²) < 4.78 is 38.1. The number of hydrogen-bond acceptors (Lipinski definition) is 3. The van der Waals surface area contributed by atoms with E-state index < -0.39 is 6.43 Å². The summed E-state index contributed by atoms with van der Waals surface area (Å²) in [4.78, 5) is 19.2. The Morgan fingerprint density at radius 2 is 2.00 bits per heavy atom. The molecule has 0 spiro atoms. The van der Waals surface area contributed by atoms with E-state index in [1.807, 2.05) is 19.1 Å². The first kappa shape index (κ1) is 20.0. The fourth-order valence-corrected chi connectivity index (χ4v) is 5.22. The number of aromatic nitrogens is 4. The normalized spacial score (nSPS) is 22.8. The molecule has 5 rings (SSSR count). The van der Waals surface area contributed by atoms with Gasteiger partial charge in [0.25, 0.3) is 6.43 Å². The van der Waals surface area contributed by atoms with Crippen LogP contribution in [0.4, 0.5) is 8.78 Å². The van der Waals surface area contributed by atoms with E-state index in [1.165, 1.54) is 4.68 Å². The molecule has 2 aromatic heterocycles. The minimum atomic E-state index is -2.77. The third-order valence-electron chi connectivity index (χ3n) is 6.85. The van der Waals surface area contributed by atoms with Crippen LogP contribution in [-0.4, -0.2) is 25.8 Å². The first-order valence-electron chi connectivity index (χ1n) is 10.8. The predicted octanol–water partition coefficient (Wildman–Crippen LogP) is 4.66. The smallest absolute Gasteiger partial charge is 0.360 e. The lowest BCUT2D eigenvalue weighted by atomic mass is 9.77. The number of aryl methyl sites for hydroxylation is 1. The minimum Gasteiger partial charge on any atom is -0.493 e. The summed E-state index contributed by atoms with van der Waals surface area (Å²) in [6, 6.07) is 8.82. The van der Waals surface area contributed by atoms with Gasteiger partial charge in [-0.25, -0.2) is 22.9 Å². The molecule has 0 amide bonds. The molecular weight excluding hydrogens is 402 g/mol. The molecule has 3 unspecified atom stereocenters. The Labute approximate surface area is 179 Å². The molecule has 3 aromatic rings. The van der Waals surface area contributed by atoms with E-state index in [4.69, 9.17) is 4.74 Å². The van der Waals surface area contributed by atoms with Gasteiger partial charge in [-0.3, -0.25) is 4.98 Å². The fraction of sp³-hybridized carbons (Fsp3) is 0.478. The van der Waals surface area contributed by atoms with Gasteiger partial charge in [0.05, 0.1) is 23.9 Å². The number of benzene rings is 1. The van der Waals surface area contributed by atoms with E-state index in [9.17, 15) is 13.6 Å². The van der Waals surface area contributed by atoms with Crippen LogP contribution in [0.25, 0.3) is 16.9 Å². The second kappa shape index (κ2) is 7.35. The molecule has 1 aliphatic heterocycles. The first-order chi connectivity index (χ1) is 14.9. The van der Waals surface area contributed by atoms with Crippen molar-refractivity contribution in [3.8, 4) is 22.7 Å². The summed E-state index contributed by atoms with van der Waals surface area (Å²) >= 11 is 0. The molecule has 3 atom stereocenters. The lowest BCUT2D eigenvalue weighted by Crippen LogP contribution is -2.53. The molecule has 2 bridgehead atoms. The van der Waals surface area contributed by atoms with E-state index in [1.54, 1.807) is 34.7 Å². The second-order valence-electron chi connectivity index (χ2n) is 8.73. The minimum absolute atomic E-state index is 0.0780. The van der Waals surface area contributed by atoms with Crippen LogP contribution in [-0.2, 0) is 7.05 Å². The molecule has 6 nitrogen and oxygen atoms in total. The van der Waals surface area contributed by atoms with Crippen LogP contribution in [0, 0.1) is 18.8 Å². The van der Waals surface area contributed by atoms with Gasteiger partial charge in [-0.2, -0.15) is 4.80 Å². The molecule has 8 heteroatoms. The lowest BCUT2D eigenvalue weighted by molar-refractivity contribution is 0.0731. The Kier molecular flexibility index (Phi) is 4.75. The first-order valence-corrected chi connectivity index (χ1v) is 10.8. The zero-order chi connectivity index (χ0) is 21.9. The third-order valence-corrected chi connectivity index (χ3v) is 6.85. The highest BCUT2D eigenvalue weighted by atomic mass is 19.3. The summed E-state index contributed by atoms with van der Waals surface area (Å²) in [5.41, 5.74) is 1.82.